The Kier molecular flexibility index (Phi) is 3.00. The van der Waals surface area contributed by atoms with Gasteiger partial charge in [-0.1, -0.05) is 24.3 Å². The zero-order valence-corrected chi connectivity index (χ0v) is 10.3. The van der Waals surface area contributed by atoms with E-state index >= 15 is 0 Å². The number of nitrogens with zero attached hydrogens (tertiary/aromatic N) is 1. The van der Waals surface area contributed by atoms with Gasteiger partial charge in [0.2, 0.25) is 0 Å². The van der Waals surface area contributed by atoms with Crippen LogP contribution in [-0.2, 0) is 6.42 Å². The van der Waals surface area contributed by atoms with Gasteiger partial charge in [-0.25, -0.2) is 4.39 Å². The third kappa shape index (κ3) is 2.22. The van der Waals surface area contributed by atoms with Gasteiger partial charge in [0.1, 0.15) is 5.82 Å². The number of aromatic nitrogens is 1. The van der Waals surface area contributed by atoms with Gasteiger partial charge in [0.15, 0.2) is 0 Å². The number of halogens is 1. The average Bonchev–Trinajstić information content (AvgIpc) is 2.47. The molecule has 2 radical (unpaired) electrons. The number of hydrogen-bond acceptors (Lipinski definition) is 1. The van der Waals surface area contributed by atoms with Gasteiger partial charge in [0.25, 0.3) is 0 Å². The maximum atomic E-state index is 13.0. The molecule has 0 amide bonds. The Morgan fingerprint density at radius 3 is 2.47 bits per heavy atom. The minimum Gasteiger partial charge on any atom is -0.252 e. The first-order chi connectivity index (χ1) is 9.28. The Bertz CT molecular complexity index is 717. The van der Waals surface area contributed by atoms with Crippen molar-refractivity contribution < 1.29 is 4.39 Å². The summed E-state index contributed by atoms with van der Waals surface area (Å²) in [6.07, 6.45) is 0.388. The number of hydrogen-bond donors (Lipinski definition) is 0. The van der Waals surface area contributed by atoms with Crippen molar-refractivity contribution in [3.63, 3.8) is 0 Å². The molecular weight excluding hydrogens is 237 g/mol. The normalized spacial score (nSPS) is 10.8. The zero-order chi connectivity index (χ0) is 13.2. The molecule has 0 unspecified atom stereocenters. The van der Waals surface area contributed by atoms with Crippen LogP contribution in [0.5, 0.6) is 0 Å². The molecule has 0 saturated carbocycles. The van der Waals surface area contributed by atoms with E-state index in [9.17, 15) is 4.39 Å². The van der Waals surface area contributed by atoms with E-state index in [0.29, 0.717) is 6.42 Å². The Labute approximate surface area is 111 Å². The summed E-state index contributed by atoms with van der Waals surface area (Å²) in [6.45, 7) is 5.69. The molecule has 0 aliphatic rings. The summed E-state index contributed by atoms with van der Waals surface area (Å²) in [5.74, 6) is -0.247. The summed E-state index contributed by atoms with van der Waals surface area (Å²) in [5.41, 5.74) is 2.57. The monoisotopic (exact) mass is 249 g/mol. The van der Waals surface area contributed by atoms with Crippen molar-refractivity contribution in [2.24, 2.45) is 0 Å². The molecule has 0 bridgehead atoms. The lowest BCUT2D eigenvalue weighted by molar-refractivity contribution is 0.628. The van der Waals surface area contributed by atoms with Crippen LogP contribution in [0.25, 0.3) is 22.0 Å². The van der Waals surface area contributed by atoms with E-state index in [2.05, 4.69) is 4.98 Å². The van der Waals surface area contributed by atoms with Crippen molar-refractivity contribution in [2.45, 2.75) is 6.42 Å². The minimum absolute atomic E-state index is 0.247. The SMILES string of the molecule is [CH]Cc1cc2ccccc2c(-c2ccc(F)cc2)n1. The van der Waals surface area contributed by atoms with Gasteiger partial charge in [-0.05, 0) is 49.1 Å². The molecule has 1 nitrogen and oxygen atoms in total. The van der Waals surface area contributed by atoms with E-state index in [-0.39, 0.29) is 5.82 Å². The van der Waals surface area contributed by atoms with Crippen LogP contribution in [0.15, 0.2) is 54.6 Å². The largest absolute Gasteiger partial charge is 0.252 e. The molecule has 3 aromatic rings. The van der Waals surface area contributed by atoms with E-state index in [1.807, 2.05) is 30.3 Å². The molecule has 0 fully saturated rings. The van der Waals surface area contributed by atoms with Gasteiger partial charge >= 0.3 is 0 Å². The quantitative estimate of drug-likeness (QED) is 0.660. The molecule has 0 spiro atoms. The second kappa shape index (κ2) is 4.81. The first kappa shape index (κ1) is 11.8. The Morgan fingerprint density at radius 1 is 1.00 bits per heavy atom. The maximum absolute atomic E-state index is 13.0. The lowest BCUT2D eigenvalue weighted by atomic mass is 10.0. The molecule has 92 valence electrons. The summed E-state index contributed by atoms with van der Waals surface area (Å²) in [6, 6.07) is 16.4. The highest BCUT2D eigenvalue weighted by Crippen LogP contribution is 2.27. The highest BCUT2D eigenvalue weighted by Gasteiger charge is 2.07. The molecule has 2 aromatic carbocycles. The fourth-order valence-corrected chi connectivity index (χ4v) is 2.19. The molecule has 2 heteroatoms. The molecular formula is C17H12FN. The summed E-state index contributed by atoms with van der Waals surface area (Å²) < 4.78 is 13.0. The molecule has 0 aliphatic heterocycles. The van der Waals surface area contributed by atoms with Crippen molar-refractivity contribution in [2.75, 3.05) is 0 Å². The van der Waals surface area contributed by atoms with Crippen molar-refractivity contribution in [3.8, 4) is 11.3 Å². The molecule has 0 aliphatic carbocycles. The number of benzene rings is 2. The van der Waals surface area contributed by atoms with E-state index in [0.717, 1.165) is 27.7 Å². The lowest BCUT2D eigenvalue weighted by Gasteiger charge is -2.08. The van der Waals surface area contributed by atoms with Crippen LogP contribution in [0.2, 0.25) is 0 Å². The van der Waals surface area contributed by atoms with Crippen LogP contribution in [0.3, 0.4) is 0 Å². The van der Waals surface area contributed by atoms with E-state index in [1.54, 1.807) is 12.1 Å². The van der Waals surface area contributed by atoms with Crippen molar-refractivity contribution in [1.82, 2.24) is 4.98 Å². The highest BCUT2D eigenvalue weighted by molar-refractivity contribution is 5.94. The molecule has 0 saturated heterocycles. The van der Waals surface area contributed by atoms with Crippen molar-refractivity contribution in [3.05, 3.63) is 73.0 Å². The van der Waals surface area contributed by atoms with Gasteiger partial charge < -0.3 is 0 Å². The third-order valence-electron chi connectivity index (χ3n) is 3.12. The van der Waals surface area contributed by atoms with Gasteiger partial charge in [-0.3, -0.25) is 4.98 Å². The standard InChI is InChI=1S/C17H12FN/c1-2-15-11-13-5-3-4-6-16(13)17(19-15)12-7-9-14(18)10-8-12/h1,3-11H,2H2. The summed E-state index contributed by atoms with van der Waals surface area (Å²) in [5, 5.41) is 2.14. The first-order valence-corrected chi connectivity index (χ1v) is 6.12. The fraction of sp³-hybridized carbons (Fsp3) is 0.0588. The van der Waals surface area contributed by atoms with E-state index < -0.39 is 0 Å². The summed E-state index contributed by atoms with van der Waals surface area (Å²) in [4.78, 5) is 4.57. The predicted molar refractivity (Wildman–Crippen MR) is 75.1 cm³/mol. The fourth-order valence-electron chi connectivity index (χ4n) is 2.19. The average molecular weight is 249 g/mol. The van der Waals surface area contributed by atoms with E-state index in [4.69, 9.17) is 6.92 Å². The highest BCUT2D eigenvalue weighted by atomic mass is 19.1. The van der Waals surface area contributed by atoms with Crippen molar-refractivity contribution >= 4 is 10.8 Å². The maximum Gasteiger partial charge on any atom is 0.123 e. The molecule has 1 aromatic heterocycles. The second-order valence-electron chi connectivity index (χ2n) is 4.39. The topological polar surface area (TPSA) is 12.9 Å². The van der Waals surface area contributed by atoms with E-state index in [1.165, 1.54) is 12.1 Å². The first-order valence-electron chi connectivity index (χ1n) is 6.12. The number of pyridine rings is 1. The van der Waals surface area contributed by atoms with Gasteiger partial charge in [-0.15, -0.1) is 0 Å². The number of rotatable bonds is 2. The lowest BCUT2D eigenvalue weighted by Crippen LogP contribution is -1.93. The van der Waals surface area contributed by atoms with Crippen LogP contribution in [-0.4, -0.2) is 4.98 Å². The van der Waals surface area contributed by atoms with Crippen LogP contribution < -0.4 is 0 Å². The van der Waals surface area contributed by atoms with Crippen LogP contribution in [0.4, 0.5) is 4.39 Å². The third-order valence-corrected chi connectivity index (χ3v) is 3.12. The molecule has 0 atom stereocenters. The van der Waals surface area contributed by atoms with Gasteiger partial charge in [-0.2, -0.15) is 0 Å². The Balaban J connectivity index is 2.29. The predicted octanol–water partition coefficient (Wildman–Crippen LogP) is 4.29. The second-order valence-corrected chi connectivity index (χ2v) is 4.39. The van der Waals surface area contributed by atoms with Crippen LogP contribution in [0.1, 0.15) is 5.69 Å². The molecule has 19 heavy (non-hydrogen) atoms. The van der Waals surface area contributed by atoms with Gasteiger partial charge in [0, 0.05) is 16.6 Å². The van der Waals surface area contributed by atoms with Crippen LogP contribution in [0, 0.1) is 12.7 Å². The summed E-state index contributed by atoms with van der Waals surface area (Å²) in [7, 11) is 0. The summed E-state index contributed by atoms with van der Waals surface area (Å²) >= 11 is 0. The minimum atomic E-state index is -0.247. The van der Waals surface area contributed by atoms with Gasteiger partial charge in [0.05, 0.1) is 5.69 Å². The van der Waals surface area contributed by atoms with Crippen LogP contribution >= 0.6 is 0 Å². The zero-order valence-electron chi connectivity index (χ0n) is 10.3. The molecule has 0 N–H and O–H groups in total. The molecule has 1 heterocycles. The smallest absolute Gasteiger partial charge is 0.123 e. The Hall–Kier alpha value is -2.22. The van der Waals surface area contributed by atoms with Crippen molar-refractivity contribution in [1.29, 1.82) is 0 Å². The Morgan fingerprint density at radius 2 is 1.74 bits per heavy atom. The molecule has 3 rings (SSSR count). The number of fused-ring (bicyclic) bond motifs is 1.